The van der Waals surface area contributed by atoms with Crippen molar-refractivity contribution in [3.8, 4) is 0 Å². The first kappa shape index (κ1) is 10.3. The van der Waals surface area contributed by atoms with E-state index in [-0.39, 0.29) is 5.41 Å². The van der Waals surface area contributed by atoms with Gasteiger partial charge in [0, 0.05) is 29.8 Å². The highest BCUT2D eigenvalue weighted by atomic mass is 14.9. The Bertz CT molecular complexity index is 270. The van der Waals surface area contributed by atoms with Crippen molar-refractivity contribution >= 4 is 0 Å². The molecule has 1 unspecified atom stereocenters. The molecule has 0 amide bonds. The van der Waals surface area contributed by atoms with Gasteiger partial charge in [-0.2, -0.15) is 0 Å². The zero-order valence-corrected chi connectivity index (χ0v) is 8.89. The molecule has 0 radical (unpaired) electrons. The third-order valence-electron chi connectivity index (χ3n) is 2.22. The van der Waals surface area contributed by atoms with Crippen LogP contribution in [0.2, 0.25) is 0 Å². The SMILES string of the molecule is CC(CN)c1ncc(C(C)(C)C)[nH]1. The Balaban J connectivity index is 2.87. The van der Waals surface area contributed by atoms with Crippen LogP contribution in [0.3, 0.4) is 0 Å². The van der Waals surface area contributed by atoms with Crippen molar-refractivity contribution < 1.29 is 0 Å². The lowest BCUT2D eigenvalue weighted by Gasteiger charge is -2.15. The Kier molecular flexibility index (Phi) is 2.76. The summed E-state index contributed by atoms with van der Waals surface area (Å²) in [7, 11) is 0. The minimum Gasteiger partial charge on any atom is -0.345 e. The molecule has 13 heavy (non-hydrogen) atoms. The minimum absolute atomic E-state index is 0.138. The van der Waals surface area contributed by atoms with Gasteiger partial charge in [-0.3, -0.25) is 0 Å². The third-order valence-corrected chi connectivity index (χ3v) is 2.22. The van der Waals surface area contributed by atoms with Crippen LogP contribution in [0.15, 0.2) is 6.20 Å². The fourth-order valence-electron chi connectivity index (χ4n) is 1.08. The molecule has 0 fully saturated rings. The van der Waals surface area contributed by atoms with Crippen LogP contribution in [0.4, 0.5) is 0 Å². The van der Waals surface area contributed by atoms with Crippen molar-refractivity contribution in [3.63, 3.8) is 0 Å². The fourth-order valence-corrected chi connectivity index (χ4v) is 1.08. The molecule has 0 aromatic carbocycles. The number of nitrogens with one attached hydrogen (secondary N) is 1. The molecule has 1 aromatic rings. The van der Waals surface area contributed by atoms with Crippen LogP contribution < -0.4 is 5.73 Å². The average Bonchev–Trinajstić information content (AvgIpc) is 2.50. The summed E-state index contributed by atoms with van der Waals surface area (Å²) in [5.74, 6) is 1.31. The van der Waals surface area contributed by atoms with Gasteiger partial charge >= 0.3 is 0 Å². The number of aromatic nitrogens is 2. The number of hydrogen-bond donors (Lipinski definition) is 2. The molecule has 0 spiro atoms. The number of H-pyrrole nitrogens is 1. The Morgan fingerprint density at radius 2 is 2.15 bits per heavy atom. The van der Waals surface area contributed by atoms with Crippen molar-refractivity contribution in [1.82, 2.24) is 9.97 Å². The Morgan fingerprint density at radius 3 is 2.54 bits per heavy atom. The molecular formula is C10H19N3. The van der Waals surface area contributed by atoms with E-state index < -0.39 is 0 Å². The first-order valence-corrected chi connectivity index (χ1v) is 4.70. The molecule has 1 rings (SSSR count). The zero-order valence-electron chi connectivity index (χ0n) is 8.89. The molecule has 0 aliphatic heterocycles. The van der Waals surface area contributed by atoms with Crippen molar-refractivity contribution in [2.45, 2.75) is 39.0 Å². The lowest BCUT2D eigenvalue weighted by Crippen LogP contribution is -2.13. The highest BCUT2D eigenvalue weighted by Gasteiger charge is 2.17. The lowest BCUT2D eigenvalue weighted by atomic mass is 9.93. The predicted octanol–water partition coefficient (Wildman–Crippen LogP) is 1.77. The molecular weight excluding hydrogens is 162 g/mol. The summed E-state index contributed by atoms with van der Waals surface area (Å²) in [6.45, 7) is 9.20. The minimum atomic E-state index is 0.138. The van der Waals surface area contributed by atoms with E-state index in [0.29, 0.717) is 12.5 Å². The Hall–Kier alpha value is -0.830. The fraction of sp³-hybridized carbons (Fsp3) is 0.700. The monoisotopic (exact) mass is 181 g/mol. The summed E-state index contributed by atoms with van der Waals surface area (Å²) >= 11 is 0. The summed E-state index contributed by atoms with van der Waals surface area (Å²) in [6, 6.07) is 0. The van der Waals surface area contributed by atoms with Gasteiger partial charge in [-0.25, -0.2) is 4.98 Å². The van der Waals surface area contributed by atoms with E-state index in [9.17, 15) is 0 Å². The molecule has 1 aromatic heterocycles. The highest BCUT2D eigenvalue weighted by Crippen LogP contribution is 2.21. The summed E-state index contributed by atoms with van der Waals surface area (Å²) < 4.78 is 0. The van der Waals surface area contributed by atoms with Gasteiger partial charge < -0.3 is 10.7 Å². The number of hydrogen-bond acceptors (Lipinski definition) is 2. The second kappa shape index (κ2) is 3.50. The molecule has 3 N–H and O–H groups in total. The number of rotatable bonds is 2. The van der Waals surface area contributed by atoms with Gasteiger partial charge in [0.05, 0.1) is 0 Å². The van der Waals surface area contributed by atoms with Gasteiger partial charge in [0.1, 0.15) is 5.82 Å². The topological polar surface area (TPSA) is 54.7 Å². The normalized spacial score (nSPS) is 14.5. The smallest absolute Gasteiger partial charge is 0.110 e. The highest BCUT2D eigenvalue weighted by molar-refractivity contribution is 5.13. The van der Waals surface area contributed by atoms with Gasteiger partial charge in [-0.05, 0) is 0 Å². The van der Waals surface area contributed by atoms with E-state index in [2.05, 4.69) is 37.7 Å². The quantitative estimate of drug-likeness (QED) is 0.730. The van der Waals surface area contributed by atoms with Crippen molar-refractivity contribution in [2.24, 2.45) is 5.73 Å². The van der Waals surface area contributed by atoms with Gasteiger partial charge in [0.25, 0.3) is 0 Å². The van der Waals surface area contributed by atoms with E-state index in [4.69, 9.17) is 5.73 Å². The molecule has 0 bridgehead atoms. The maximum absolute atomic E-state index is 5.56. The second-order valence-electron chi connectivity index (χ2n) is 4.57. The van der Waals surface area contributed by atoms with Crippen LogP contribution in [0, 0.1) is 0 Å². The van der Waals surface area contributed by atoms with Crippen LogP contribution in [0.25, 0.3) is 0 Å². The summed E-state index contributed by atoms with van der Waals surface area (Å²) in [6.07, 6.45) is 1.90. The molecule has 0 saturated heterocycles. The van der Waals surface area contributed by atoms with E-state index in [1.165, 1.54) is 5.69 Å². The first-order valence-electron chi connectivity index (χ1n) is 4.70. The predicted molar refractivity (Wildman–Crippen MR) is 54.8 cm³/mol. The maximum Gasteiger partial charge on any atom is 0.110 e. The first-order chi connectivity index (χ1) is 5.95. The zero-order chi connectivity index (χ0) is 10.1. The van der Waals surface area contributed by atoms with E-state index in [1.807, 2.05) is 6.20 Å². The summed E-state index contributed by atoms with van der Waals surface area (Å²) in [5, 5.41) is 0. The molecule has 0 aliphatic rings. The molecule has 1 heterocycles. The van der Waals surface area contributed by atoms with E-state index in [1.54, 1.807) is 0 Å². The maximum atomic E-state index is 5.56. The number of nitrogens with zero attached hydrogens (tertiary/aromatic N) is 1. The lowest BCUT2D eigenvalue weighted by molar-refractivity contribution is 0.568. The Morgan fingerprint density at radius 1 is 1.54 bits per heavy atom. The molecule has 3 heteroatoms. The molecule has 0 saturated carbocycles. The summed E-state index contributed by atoms with van der Waals surface area (Å²) in [5.41, 5.74) is 6.87. The van der Waals surface area contributed by atoms with E-state index in [0.717, 1.165) is 5.82 Å². The molecule has 0 aliphatic carbocycles. The standard InChI is InChI=1S/C10H19N3/c1-7(5-11)9-12-6-8(13-9)10(2,3)4/h6-7H,5,11H2,1-4H3,(H,12,13). The van der Waals surface area contributed by atoms with Gasteiger partial charge in [0.15, 0.2) is 0 Å². The van der Waals surface area contributed by atoms with Crippen LogP contribution in [0.1, 0.15) is 45.1 Å². The number of aromatic amines is 1. The van der Waals surface area contributed by atoms with Crippen molar-refractivity contribution in [1.29, 1.82) is 0 Å². The van der Waals surface area contributed by atoms with Gasteiger partial charge in [0.2, 0.25) is 0 Å². The van der Waals surface area contributed by atoms with Gasteiger partial charge in [-0.1, -0.05) is 27.7 Å². The molecule has 1 atom stereocenters. The van der Waals surface area contributed by atoms with Crippen LogP contribution in [-0.2, 0) is 5.41 Å². The van der Waals surface area contributed by atoms with Crippen molar-refractivity contribution in [2.75, 3.05) is 6.54 Å². The largest absolute Gasteiger partial charge is 0.345 e. The Labute approximate surface area is 79.8 Å². The van der Waals surface area contributed by atoms with Gasteiger partial charge in [-0.15, -0.1) is 0 Å². The van der Waals surface area contributed by atoms with Crippen LogP contribution in [-0.4, -0.2) is 16.5 Å². The van der Waals surface area contributed by atoms with E-state index >= 15 is 0 Å². The van der Waals surface area contributed by atoms with Crippen molar-refractivity contribution in [3.05, 3.63) is 17.7 Å². The molecule has 74 valence electrons. The van der Waals surface area contributed by atoms with Crippen LogP contribution >= 0.6 is 0 Å². The summed E-state index contributed by atoms with van der Waals surface area (Å²) in [4.78, 5) is 7.63. The third kappa shape index (κ3) is 2.31. The number of imidazole rings is 1. The second-order valence-corrected chi connectivity index (χ2v) is 4.57. The molecule has 3 nitrogen and oxygen atoms in total. The van der Waals surface area contributed by atoms with Crippen LogP contribution in [0.5, 0.6) is 0 Å². The average molecular weight is 181 g/mol. The number of nitrogens with two attached hydrogens (primary N) is 1.